The minimum atomic E-state index is -0.199. The number of hydrogen-bond donors (Lipinski definition) is 0. The molecule has 0 radical (unpaired) electrons. The highest BCUT2D eigenvalue weighted by Crippen LogP contribution is 2.34. The Hall–Kier alpha value is -1.35. The smallest absolute Gasteiger partial charge is 0.196 e. The maximum atomic E-state index is 12.2. The van der Waals surface area contributed by atoms with Gasteiger partial charge in [0.2, 0.25) is 0 Å². The largest absolute Gasteiger partial charge is 0.481 e. The summed E-state index contributed by atoms with van der Waals surface area (Å²) in [4.78, 5) is 12.2. The average Bonchev–Trinajstić information content (AvgIpc) is 2.31. The number of fused-ring (bicyclic) bond motifs is 2. The second-order valence-electron chi connectivity index (χ2n) is 3.83. The van der Waals surface area contributed by atoms with E-state index in [1.54, 1.807) is 0 Å². The number of hydrogen-bond acceptors (Lipinski definition) is 2. The fourth-order valence-electron chi connectivity index (χ4n) is 2.02. The number of rotatable bonds is 0. The molecule has 1 aliphatic carbocycles. The van der Waals surface area contributed by atoms with Gasteiger partial charge in [-0.2, -0.15) is 0 Å². The zero-order chi connectivity index (χ0) is 11.1. The van der Waals surface area contributed by atoms with E-state index < -0.39 is 0 Å². The molecule has 0 N–H and O–H groups in total. The molecule has 1 heterocycles. The average molecular weight is 277 g/mol. The molecule has 0 bridgehead atoms. The molecule has 0 saturated carbocycles. The lowest BCUT2D eigenvalue weighted by Gasteiger charge is -2.27. The second kappa shape index (κ2) is 3.59. The number of allylic oxidation sites excluding steroid dienone is 2. The van der Waals surface area contributed by atoms with Gasteiger partial charge in [0.25, 0.3) is 0 Å². The minimum Gasteiger partial charge on any atom is -0.481 e. The lowest BCUT2D eigenvalue weighted by molar-refractivity contribution is 0.0979. The molecule has 3 rings (SSSR count). The lowest BCUT2D eigenvalue weighted by Crippen LogP contribution is -2.29. The van der Waals surface area contributed by atoms with Crippen molar-refractivity contribution in [2.45, 2.75) is 12.5 Å². The van der Waals surface area contributed by atoms with Crippen LogP contribution in [0.1, 0.15) is 16.8 Å². The van der Waals surface area contributed by atoms with Crippen molar-refractivity contribution >= 4 is 21.7 Å². The monoisotopic (exact) mass is 276 g/mol. The molecule has 1 aromatic carbocycles. The third kappa shape index (κ3) is 1.43. The zero-order valence-corrected chi connectivity index (χ0v) is 10.0. The Kier molecular flexibility index (Phi) is 2.21. The van der Waals surface area contributed by atoms with Gasteiger partial charge in [-0.05, 0) is 30.7 Å². The summed E-state index contributed by atoms with van der Waals surface area (Å²) in [5.74, 6) is 0.749. The van der Waals surface area contributed by atoms with E-state index in [2.05, 4.69) is 15.9 Å². The van der Waals surface area contributed by atoms with Crippen molar-refractivity contribution in [1.82, 2.24) is 0 Å². The van der Waals surface area contributed by atoms with Crippen LogP contribution in [0.5, 0.6) is 5.75 Å². The highest BCUT2D eigenvalue weighted by molar-refractivity contribution is 9.10. The Balaban J connectivity index is 2.14. The van der Waals surface area contributed by atoms with Crippen molar-refractivity contribution in [1.29, 1.82) is 0 Å². The fraction of sp³-hybridized carbons (Fsp3) is 0.154. The maximum absolute atomic E-state index is 12.2. The molecular formula is C13H9BrO2. The van der Waals surface area contributed by atoms with Gasteiger partial charge in [0.1, 0.15) is 11.9 Å². The lowest BCUT2D eigenvalue weighted by atomic mass is 9.91. The topological polar surface area (TPSA) is 26.3 Å². The van der Waals surface area contributed by atoms with E-state index in [9.17, 15) is 4.79 Å². The standard InChI is InChI=1S/C13H9BrO2/c14-8-5-6-12-10(7-8)13(15)9-3-1-2-4-11(9)16-12/h2-7,11H,1H2. The quantitative estimate of drug-likeness (QED) is 0.680. The van der Waals surface area contributed by atoms with Gasteiger partial charge in [-0.3, -0.25) is 4.79 Å². The van der Waals surface area contributed by atoms with Crippen LogP contribution in [0, 0.1) is 0 Å². The Morgan fingerprint density at radius 2 is 2.25 bits per heavy atom. The van der Waals surface area contributed by atoms with Crippen molar-refractivity contribution < 1.29 is 9.53 Å². The second-order valence-corrected chi connectivity index (χ2v) is 4.75. The first-order valence-electron chi connectivity index (χ1n) is 5.13. The van der Waals surface area contributed by atoms with E-state index in [1.165, 1.54) is 0 Å². The van der Waals surface area contributed by atoms with Gasteiger partial charge >= 0.3 is 0 Å². The number of benzene rings is 1. The first-order valence-corrected chi connectivity index (χ1v) is 5.92. The van der Waals surface area contributed by atoms with E-state index in [-0.39, 0.29) is 11.9 Å². The van der Waals surface area contributed by atoms with Crippen LogP contribution in [0.25, 0.3) is 0 Å². The van der Waals surface area contributed by atoms with Crippen LogP contribution < -0.4 is 4.74 Å². The third-order valence-electron chi connectivity index (χ3n) is 2.79. The summed E-state index contributed by atoms with van der Waals surface area (Å²) in [5.41, 5.74) is 1.40. The summed E-state index contributed by atoms with van der Waals surface area (Å²) < 4.78 is 6.66. The SMILES string of the molecule is O=C1C2=CCC=CC2Oc2ccc(Br)cc21. The summed E-state index contributed by atoms with van der Waals surface area (Å²) in [5, 5.41) is 0. The molecule has 0 aromatic heterocycles. The van der Waals surface area contributed by atoms with E-state index in [0.29, 0.717) is 11.3 Å². The minimum absolute atomic E-state index is 0.0805. The molecule has 1 aliphatic heterocycles. The van der Waals surface area contributed by atoms with Gasteiger partial charge in [-0.1, -0.05) is 28.1 Å². The molecule has 3 heteroatoms. The van der Waals surface area contributed by atoms with Crippen molar-refractivity contribution in [3.05, 3.63) is 52.0 Å². The Morgan fingerprint density at radius 1 is 1.38 bits per heavy atom. The third-order valence-corrected chi connectivity index (χ3v) is 3.29. The summed E-state index contributed by atoms with van der Waals surface area (Å²) in [6.45, 7) is 0. The van der Waals surface area contributed by atoms with E-state index in [1.807, 2.05) is 36.4 Å². The Morgan fingerprint density at radius 3 is 3.12 bits per heavy atom. The number of carbonyl (C=O) groups excluding carboxylic acids is 1. The van der Waals surface area contributed by atoms with E-state index in [0.717, 1.165) is 16.5 Å². The molecule has 2 aliphatic rings. The highest BCUT2D eigenvalue weighted by Gasteiger charge is 2.30. The normalized spacial score (nSPS) is 21.9. The Labute approximate surface area is 102 Å². The van der Waals surface area contributed by atoms with Gasteiger partial charge < -0.3 is 4.74 Å². The van der Waals surface area contributed by atoms with E-state index >= 15 is 0 Å². The van der Waals surface area contributed by atoms with Crippen LogP contribution >= 0.6 is 15.9 Å². The number of halogens is 1. The summed E-state index contributed by atoms with van der Waals surface area (Å²) in [6, 6.07) is 5.52. The molecule has 0 fully saturated rings. The predicted molar refractivity (Wildman–Crippen MR) is 64.7 cm³/mol. The van der Waals surface area contributed by atoms with Crippen molar-refractivity contribution in [3.8, 4) is 5.75 Å². The summed E-state index contributed by atoms with van der Waals surface area (Å²) in [6.07, 6.45) is 6.51. The van der Waals surface area contributed by atoms with Crippen LogP contribution in [-0.2, 0) is 0 Å². The number of ether oxygens (including phenoxy) is 1. The number of Topliss-reactive ketones (excluding diaryl/α,β-unsaturated/α-hetero) is 1. The molecule has 1 aromatic rings. The molecule has 1 unspecified atom stereocenters. The van der Waals surface area contributed by atoms with Crippen LogP contribution in [0.3, 0.4) is 0 Å². The maximum Gasteiger partial charge on any atom is 0.196 e. The van der Waals surface area contributed by atoms with Gasteiger partial charge in [-0.15, -0.1) is 0 Å². The predicted octanol–water partition coefficient (Wildman–Crippen LogP) is 3.28. The summed E-state index contributed by atoms with van der Waals surface area (Å²) in [7, 11) is 0. The molecule has 0 saturated heterocycles. The molecule has 80 valence electrons. The highest BCUT2D eigenvalue weighted by atomic mass is 79.9. The van der Waals surface area contributed by atoms with Crippen LogP contribution in [0.15, 0.2) is 46.5 Å². The molecule has 1 atom stereocenters. The van der Waals surface area contributed by atoms with Gasteiger partial charge in [0, 0.05) is 10.0 Å². The van der Waals surface area contributed by atoms with Crippen LogP contribution in [0.4, 0.5) is 0 Å². The van der Waals surface area contributed by atoms with Crippen LogP contribution in [-0.4, -0.2) is 11.9 Å². The van der Waals surface area contributed by atoms with Crippen molar-refractivity contribution in [2.24, 2.45) is 0 Å². The molecule has 0 amide bonds. The first-order chi connectivity index (χ1) is 7.75. The number of carbonyl (C=O) groups is 1. The first kappa shape index (κ1) is 9.85. The summed E-state index contributed by atoms with van der Waals surface area (Å²) >= 11 is 3.36. The zero-order valence-electron chi connectivity index (χ0n) is 8.44. The van der Waals surface area contributed by atoms with Gasteiger partial charge in [0.15, 0.2) is 5.78 Å². The number of ketones is 1. The van der Waals surface area contributed by atoms with Crippen molar-refractivity contribution in [2.75, 3.05) is 0 Å². The van der Waals surface area contributed by atoms with Crippen LogP contribution in [0.2, 0.25) is 0 Å². The molecule has 16 heavy (non-hydrogen) atoms. The fourth-order valence-corrected chi connectivity index (χ4v) is 2.38. The van der Waals surface area contributed by atoms with Gasteiger partial charge in [-0.25, -0.2) is 0 Å². The Bertz CT molecular complexity index is 529. The molecule has 0 spiro atoms. The van der Waals surface area contributed by atoms with Crippen molar-refractivity contribution in [3.63, 3.8) is 0 Å². The molecule has 2 nitrogen and oxygen atoms in total. The molecular weight excluding hydrogens is 268 g/mol. The van der Waals surface area contributed by atoms with Gasteiger partial charge in [0.05, 0.1) is 5.56 Å². The van der Waals surface area contributed by atoms with E-state index in [4.69, 9.17) is 4.74 Å².